The van der Waals surface area contributed by atoms with Crippen molar-refractivity contribution in [1.29, 1.82) is 0 Å². The standard InChI is InChI=1S/C20H15N5O2S/c1-13-11-18(26)19(23-25(13)16-5-3-2-4-6-16)20(27)21-15-9-7-14(8-10-15)17-12-28-24-22-17/h2-12H,1H3,(H,21,27). The first-order valence-corrected chi connectivity index (χ1v) is 9.31. The zero-order chi connectivity index (χ0) is 19.5. The van der Waals surface area contributed by atoms with E-state index >= 15 is 0 Å². The Bertz CT molecular complexity index is 1170. The molecule has 2 heterocycles. The molecule has 7 nitrogen and oxygen atoms in total. The fraction of sp³-hybridized carbons (Fsp3) is 0.0500. The molecule has 2 aromatic carbocycles. The van der Waals surface area contributed by atoms with Crippen molar-refractivity contribution in [3.05, 3.63) is 87.7 Å². The molecule has 4 aromatic rings. The van der Waals surface area contributed by atoms with Gasteiger partial charge in [-0.25, -0.2) is 4.68 Å². The first-order valence-electron chi connectivity index (χ1n) is 8.47. The van der Waals surface area contributed by atoms with Crippen LogP contribution >= 0.6 is 11.5 Å². The van der Waals surface area contributed by atoms with Gasteiger partial charge in [-0.1, -0.05) is 34.8 Å². The largest absolute Gasteiger partial charge is 0.320 e. The summed E-state index contributed by atoms with van der Waals surface area (Å²) in [5.41, 5.74) is 3.06. The summed E-state index contributed by atoms with van der Waals surface area (Å²) in [6.45, 7) is 1.77. The van der Waals surface area contributed by atoms with E-state index in [0.717, 1.165) is 16.9 Å². The molecule has 0 aliphatic heterocycles. The summed E-state index contributed by atoms with van der Waals surface area (Å²) in [6.07, 6.45) is 0. The molecular formula is C20H15N5O2S. The number of para-hydroxylation sites is 1. The molecule has 8 heteroatoms. The van der Waals surface area contributed by atoms with Gasteiger partial charge < -0.3 is 5.32 Å². The molecule has 2 aromatic heterocycles. The molecule has 0 bridgehead atoms. The summed E-state index contributed by atoms with van der Waals surface area (Å²) in [5, 5.41) is 12.8. The van der Waals surface area contributed by atoms with Gasteiger partial charge in [-0.15, -0.1) is 5.10 Å². The van der Waals surface area contributed by atoms with Crippen LogP contribution in [0.2, 0.25) is 0 Å². The summed E-state index contributed by atoms with van der Waals surface area (Å²) in [5.74, 6) is -0.558. The average molecular weight is 389 g/mol. The summed E-state index contributed by atoms with van der Waals surface area (Å²) in [6, 6.07) is 17.9. The predicted octanol–water partition coefficient (Wildman–Crippen LogP) is 3.31. The number of anilines is 1. The van der Waals surface area contributed by atoms with Gasteiger partial charge in [0.1, 0.15) is 5.69 Å². The molecule has 0 aliphatic carbocycles. The minimum absolute atomic E-state index is 0.165. The number of amides is 1. The van der Waals surface area contributed by atoms with Gasteiger partial charge in [0.2, 0.25) is 5.43 Å². The Morgan fingerprint density at radius 2 is 1.82 bits per heavy atom. The van der Waals surface area contributed by atoms with Gasteiger partial charge in [0.15, 0.2) is 5.69 Å². The predicted molar refractivity (Wildman–Crippen MR) is 108 cm³/mol. The lowest BCUT2D eigenvalue weighted by molar-refractivity contribution is 0.101. The van der Waals surface area contributed by atoms with E-state index in [0.29, 0.717) is 11.4 Å². The molecule has 4 rings (SSSR count). The van der Waals surface area contributed by atoms with Gasteiger partial charge >= 0.3 is 0 Å². The van der Waals surface area contributed by atoms with E-state index < -0.39 is 11.3 Å². The number of rotatable bonds is 4. The van der Waals surface area contributed by atoms with Gasteiger partial charge in [0.25, 0.3) is 5.91 Å². The van der Waals surface area contributed by atoms with E-state index in [1.165, 1.54) is 17.6 Å². The Kier molecular flexibility index (Phi) is 4.77. The number of carbonyl (C=O) groups excluding carboxylic acids is 1. The third-order valence-corrected chi connectivity index (χ3v) is 4.63. The van der Waals surface area contributed by atoms with Gasteiger partial charge in [-0.05, 0) is 42.7 Å². The topological polar surface area (TPSA) is 89.8 Å². The van der Waals surface area contributed by atoms with Crippen LogP contribution in [-0.2, 0) is 0 Å². The molecule has 0 radical (unpaired) electrons. The Morgan fingerprint density at radius 3 is 2.50 bits per heavy atom. The van der Waals surface area contributed by atoms with Crippen LogP contribution in [0.3, 0.4) is 0 Å². The van der Waals surface area contributed by atoms with Crippen molar-refractivity contribution >= 4 is 23.1 Å². The number of hydrogen-bond donors (Lipinski definition) is 1. The van der Waals surface area contributed by atoms with Crippen molar-refractivity contribution in [1.82, 2.24) is 19.4 Å². The first-order chi connectivity index (χ1) is 13.6. The zero-order valence-electron chi connectivity index (χ0n) is 14.9. The first kappa shape index (κ1) is 17.7. The fourth-order valence-corrected chi connectivity index (χ4v) is 3.21. The van der Waals surface area contributed by atoms with Crippen molar-refractivity contribution in [2.45, 2.75) is 6.92 Å². The minimum atomic E-state index is -0.558. The highest BCUT2D eigenvalue weighted by molar-refractivity contribution is 7.03. The number of nitrogens with zero attached hydrogens (tertiary/aromatic N) is 4. The molecule has 0 aliphatic rings. The fourth-order valence-electron chi connectivity index (χ4n) is 2.74. The highest BCUT2D eigenvalue weighted by atomic mass is 32.1. The van der Waals surface area contributed by atoms with Crippen LogP contribution in [-0.4, -0.2) is 25.3 Å². The van der Waals surface area contributed by atoms with E-state index in [1.54, 1.807) is 23.7 Å². The molecule has 138 valence electrons. The van der Waals surface area contributed by atoms with Crippen LogP contribution in [0.25, 0.3) is 16.9 Å². The number of nitrogens with one attached hydrogen (secondary N) is 1. The monoisotopic (exact) mass is 389 g/mol. The molecule has 0 atom stereocenters. The maximum absolute atomic E-state index is 12.6. The Morgan fingerprint density at radius 1 is 1.07 bits per heavy atom. The SMILES string of the molecule is Cc1cc(=O)c(C(=O)Nc2ccc(-c3csnn3)cc2)nn1-c1ccccc1. The summed E-state index contributed by atoms with van der Waals surface area (Å²) >= 11 is 1.27. The third-order valence-electron chi connectivity index (χ3n) is 4.12. The molecule has 1 amide bonds. The minimum Gasteiger partial charge on any atom is -0.320 e. The lowest BCUT2D eigenvalue weighted by atomic mass is 10.1. The Hall–Kier alpha value is -3.65. The molecule has 0 unspecified atom stereocenters. The smallest absolute Gasteiger partial charge is 0.280 e. The van der Waals surface area contributed by atoms with E-state index in [-0.39, 0.29) is 5.69 Å². The van der Waals surface area contributed by atoms with Gasteiger partial charge in [0, 0.05) is 28.4 Å². The lowest BCUT2D eigenvalue weighted by Crippen LogP contribution is -2.26. The number of aromatic nitrogens is 4. The van der Waals surface area contributed by atoms with Crippen molar-refractivity contribution < 1.29 is 4.79 Å². The normalized spacial score (nSPS) is 10.6. The number of carbonyl (C=O) groups is 1. The number of aryl methyl sites for hydroxylation is 1. The Balaban J connectivity index is 1.60. The van der Waals surface area contributed by atoms with Crippen LogP contribution in [0.15, 0.2) is 70.8 Å². The van der Waals surface area contributed by atoms with Crippen molar-refractivity contribution in [2.75, 3.05) is 5.32 Å². The molecule has 0 saturated heterocycles. The van der Waals surface area contributed by atoms with Crippen LogP contribution < -0.4 is 10.7 Å². The van der Waals surface area contributed by atoms with Crippen molar-refractivity contribution in [3.63, 3.8) is 0 Å². The highest BCUT2D eigenvalue weighted by Crippen LogP contribution is 2.20. The summed E-state index contributed by atoms with van der Waals surface area (Å²) < 4.78 is 5.41. The van der Waals surface area contributed by atoms with E-state index in [9.17, 15) is 9.59 Å². The number of hydrogen-bond acceptors (Lipinski definition) is 6. The van der Waals surface area contributed by atoms with E-state index in [2.05, 4.69) is 20.0 Å². The molecule has 0 fully saturated rings. The van der Waals surface area contributed by atoms with E-state index in [1.807, 2.05) is 47.8 Å². The van der Waals surface area contributed by atoms with Gasteiger partial charge in [-0.2, -0.15) is 5.10 Å². The highest BCUT2D eigenvalue weighted by Gasteiger charge is 2.15. The quantitative estimate of drug-likeness (QED) is 0.578. The molecule has 0 saturated carbocycles. The molecule has 1 N–H and O–H groups in total. The third kappa shape index (κ3) is 3.58. The second kappa shape index (κ2) is 7.53. The van der Waals surface area contributed by atoms with Crippen LogP contribution in [0.4, 0.5) is 5.69 Å². The van der Waals surface area contributed by atoms with Gasteiger partial charge in [-0.3, -0.25) is 9.59 Å². The summed E-state index contributed by atoms with van der Waals surface area (Å²) in [7, 11) is 0. The van der Waals surface area contributed by atoms with Crippen molar-refractivity contribution in [3.8, 4) is 16.9 Å². The number of benzene rings is 2. The summed E-state index contributed by atoms with van der Waals surface area (Å²) in [4.78, 5) is 24.9. The molecule has 0 spiro atoms. The maximum Gasteiger partial charge on any atom is 0.280 e. The zero-order valence-corrected chi connectivity index (χ0v) is 15.7. The van der Waals surface area contributed by atoms with Gasteiger partial charge in [0.05, 0.1) is 5.69 Å². The lowest BCUT2D eigenvalue weighted by Gasteiger charge is -2.11. The van der Waals surface area contributed by atoms with Crippen molar-refractivity contribution in [2.24, 2.45) is 0 Å². The molecule has 28 heavy (non-hydrogen) atoms. The molecular weight excluding hydrogens is 374 g/mol. The maximum atomic E-state index is 12.6. The van der Waals surface area contributed by atoms with Crippen LogP contribution in [0.5, 0.6) is 0 Å². The Labute approximate surface area is 164 Å². The second-order valence-corrected chi connectivity index (χ2v) is 6.68. The van der Waals surface area contributed by atoms with Crippen LogP contribution in [0, 0.1) is 6.92 Å². The average Bonchev–Trinajstić information content (AvgIpc) is 3.24. The second-order valence-electron chi connectivity index (χ2n) is 6.07. The van der Waals surface area contributed by atoms with E-state index in [4.69, 9.17) is 0 Å². The van der Waals surface area contributed by atoms with Crippen LogP contribution in [0.1, 0.15) is 16.2 Å².